The number of rotatable bonds is 3. The molecule has 1 rings (SSSR count). The van der Waals surface area contributed by atoms with Crippen molar-refractivity contribution in [2.24, 2.45) is 0 Å². The van der Waals surface area contributed by atoms with Gasteiger partial charge in [-0.05, 0) is 12.1 Å². The number of halogens is 3. The fraction of sp³-hybridized carbons (Fsp3) is 0.250. The Balaban J connectivity index is 3.11. The van der Waals surface area contributed by atoms with Crippen molar-refractivity contribution in [2.75, 3.05) is 7.11 Å². The molecule has 0 aliphatic carbocycles. The largest absolute Gasteiger partial charge is 0.707 e. The van der Waals surface area contributed by atoms with Crippen LogP contribution in [0.15, 0.2) is 18.2 Å². The molecule has 8 heteroatoms. The van der Waals surface area contributed by atoms with Crippen LogP contribution in [0.4, 0.5) is 13.2 Å². The zero-order valence-corrected chi connectivity index (χ0v) is 8.15. The van der Waals surface area contributed by atoms with Crippen LogP contribution in [0.5, 0.6) is 11.5 Å². The van der Waals surface area contributed by atoms with Crippen LogP contribution in [-0.4, -0.2) is 24.5 Å². The van der Waals surface area contributed by atoms with Crippen LogP contribution in [0.3, 0.4) is 0 Å². The summed E-state index contributed by atoms with van der Waals surface area (Å²) in [5.74, 6) is -0.438. The van der Waals surface area contributed by atoms with Gasteiger partial charge in [0.15, 0.2) is 0 Å². The minimum Gasteiger partial charge on any atom is -0.512 e. The number of alkyl halides is 3. The van der Waals surface area contributed by atoms with E-state index in [1.165, 1.54) is 7.11 Å². The number of hydrogen-bond acceptors (Lipinski definition) is 4. The van der Waals surface area contributed by atoms with E-state index in [1.807, 2.05) is 0 Å². The lowest BCUT2D eigenvalue weighted by molar-refractivity contribution is -0.137. The Labute approximate surface area is 89.4 Å². The van der Waals surface area contributed by atoms with Crippen molar-refractivity contribution in [1.29, 1.82) is 0 Å². The van der Waals surface area contributed by atoms with Gasteiger partial charge in [-0.2, -0.15) is 13.2 Å². The summed E-state index contributed by atoms with van der Waals surface area (Å²) in [6.07, 6.45) is -4.56. The van der Waals surface area contributed by atoms with Crippen LogP contribution in [0, 0.1) is 0 Å². The Kier molecular flexibility index (Phi) is 3.66. The molecular formula is C8H8BF3O4. The van der Waals surface area contributed by atoms with E-state index in [0.29, 0.717) is 6.07 Å². The van der Waals surface area contributed by atoms with Crippen molar-refractivity contribution >= 4 is 7.32 Å². The monoisotopic (exact) mass is 236 g/mol. The smallest absolute Gasteiger partial charge is 0.512 e. The lowest BCUT2D eigenvalue weighted by atomic mass is 10.1. The molecule has 88 valence electrons. The molecule has 4 nitrogen and oxygen atoms in total. The summed E-state index contributed by atoms with van der Waals surface area (Å²) in [6.45, 7) is 0. The normalized spacial score (nSPS) is 11.1. The minimum absolute atomic E-state index is 0.0922. The third-order valence-electron chi connectivity index (χ3n) is 1.68. The van der Waals surface area contributed by atoms with Gasteiger partial charge < -0.3 is 19.4 Å². The van der Waals surface area contributed by atoms with Gasteiger partial charge in [-0.15, -0.1) is 0 Å². The van der Waals surface area contributed by atoms with E-state index in [2.05, 4.69) is 9.39 Å². The predicted octanol–water partition coefficient (Wildman–Crippen LogP) is 1.06. The summed E-state index contributed by atoms with van der Waals surface area (Å²) in [5.41, 5.74) is -0.998. The summed E-state index contributed by atoms with van der Waals surface area (Å²) in [5, 5.41) is 16.9. The highest BCUT2D eigenvalue weighted by molar-refractivity contribution is 6.33. The zero-order chi connectivity index (χ0) is 12.3. The van der Waals surface area contributed by atoms with Gasteiger partial charge in [0.1, 0.15) is 11.5 Å². The highest BCUT2D eigenvalue weighted by atomic mass is 19.4. The highest BCUT2D eigenvalue weighted by Gasteiger charge is 2.32. The molecule has 0 saturated heterocycles. The first kappa shape index (κ1) is 12.7. The van der Waals surface area contributed by atoms with Crippen LogP contribution in [-0.2, 0) is 6.18 Å². The first-order valence-electron chi connectivity index (χ1n) is 4.12. The summed E-state index contributed by atoms with van der Waals surface area (Å²) in [4.78, 5) is 0. The van der Waals surface area contributed by atoms with Crippen LogP contribution < -0.4 is 9.39 Å². The van der Waals surface area contributed by atoms with Gasteiger partial charge in [0, 0.05) is 6.07 Å². The summed E-state index contributed by atoms with van der Waals surface area (Å²) in [7, 11) is -0.998. The first-order valence-corrected chi connectivity index (χ1v) is 4.12. The molecule has 1 aromatic rings. The first-order chi connectivity index (χ1) is 7.32. The third kappa shape index (κ3) is 3.32. The average molecular weight is 236 g/mol. The van der Waals surface area contributed by atoms with Gasteiger partial charge in [-0.25, -0.2) is 0 Å². The Bertz CT molecular complexity index is 367. The Hall–Kier alpha value is -1.41. The SMILES string of the molecule is COc1cc(OB(O)O)cc(C(F)(F)F)c1. The van der Waals surface area contributed by atoms with E-state index in [-0.39, 0.29) is 11.5 Å². The van der Waals surface area contributed by atoms with Gasteiger partial charge in [0.25, 0.3) is 0 Å². The number of benzene rings is 1. The van der Waals surface area contributed by atoms with Crippen molar-refractivity contribution in [3.63, 3.8) is 0 Å². The molecule has 0 atom stereocenters. The number of methoxy groups -OCH3 is 1. The lowest BCUT2D eigenvalue weighted by Gasteiger charge is -2.12. The third-order valence-corrected chi connectivity index (χ3v) is 1.68. The molecule has 16 heavy (non-hydrogen) atoms. The molecule has 0 heterocycles. The van der Waals surface area contributed by atoms with E-state index in [0.717, 1.165) is 12.1 Å². The minimum atomic E-state index is -4.56. The van der Waals surface area contributed by atoms with Gasteiger partial charge in [-0.3, -0.25) is 0 Å². The van der Waals surface area contributed by atoms with Gasteiger partial charge in [0.2, 0.25) is 0 Å². The summed E-state index contributed by atoms with van der Waals surface area (Å²) >= 11 is 0. The van der Waals surface area contributed by atoms with Gasteiger partial charge in [0.05, 0.1) is 12.7 Å². The van der Waals surface area contributed by atoms with Gasteiger partial charge >= 0.3 is 13.5 Å². The molecule has 0 aliphatic heterocycles. The van der Waals surface area contributed by atoms with E-state index in [9.17, 15) is 13.2 Å². The summed E-state index contributed by atoms with van der Waals surface area (Å²) < 4.78 is 46.1. The van der Waals surface area contributed by atoms with Crippen molar-refractivity contribution < 1.29 is 32.6 Å². The molecule has 1 aromatic carbocycles. The van der Waals surface area contributed by atoms with E-state index in [1.54, 1.807) is 0 Å². The van der Waals surface area contributed by atoms with Crippen molar-refractivity contribution in [3.05, 3.63) is 23.8 Å². The molecule has 0 bridgehead atoms. The maximum Gasteiger partial charge on any atom is 0.707 e. The van der Waals surface area contributed by atoms with Crippen LogP contribution in [0.2, 0.25) is 0 Å². The fourth-order valence-corrected chi connectivity index (χ4v) is 1.04. The Morgan fingerprint density at radius 1 is 1.12 bits per heavy atom. The van der Waals surface area contributed by atoms with Crippen molar-refractivity contribution in [2.45, 2.75) is 6.18 Å². The number of ether oxygens (including phenoxy) is 1. The Morgan fingerprint density at radius 3 is 2.12 bits per heavy atom. The van der Waals surface area contributed by atoms with E-state index >= 15 is 0 Å². The second-order valence-electron chi connectivity index (χ2n) is 2.84. The maximum atomic E-state index is 12.4. The van der Waals surface area contributed by atoms with Crippen molar-refractivity contribution in [1.82, 2.24) is 0 Å². The second kappa shape index (κ2) is 4.62. The molecule has 0 unspecified atom stereocenters. The quantitative estimate of drug-likeness (QED) is 0.770. The second-order valence-corrected chi connectivity index (χ2v) is 2.84. The lowest BCUT2D eigenvalue weighted by Crippen LogP contribution is -2.21. The molecule has 2 N–H and O–H groups in total. The molecular weight excluding hydrogens is 228 g/mol. The average Bonchev–Trinajstić information content (AvgIpc) is 2.14. The zero-order valence-electron chi connectivity index (χ0n) is 8.15. The topological polar surface area (TPSA) is 58.9 Å². The molecule has 0 saturated carbocycles. The highest BCUT2D eigenvalue weighted by Crippen LogP contribution is 2.34. The van der Waals surface area contributed by atoms with Crippen LogP contribution in [0.1, 0.15) is 5.56 Å². The van der Waals surface area contributed by atoms with E-state index < -0.39 is 19.1 Å². The molecule has 0 radical (unpaired) electrons. The fourth-order valence-electron chi connectivity index (χ4n) is 1.04. The summed E-state index contributed by atoms with van der Waals surface area (Å²) in [6, 6.07) is 2.52. The maximum absolute atomic E-state index is 12.4. The molecule has 0 amide bonds. The van der Waals surface area contributed by atoms with Crippen LogP contribution >= 0.6 is 0 Å². The molecule has 0 aromatic heterocycles. The van der Waals surface area contributed by atoms with Crippen molar-refractivity contribution in [3.8, 4) is 11.5 Å². The molecule has 0 spiro atoms. The predicted molar refractivity (Wildman–Crippen MR) is 48.8 cm³/mol. The van der Waals surface area contributed by atoms with Crippen LogP contribution in [0.25, 0.3) is 0 Å². The molecule has 0 fully saturated rings. The Morgan fingerprint density at radius 2 is 1.69 bits per heavy atom. The standard InChI is InChI=1S/C8H8BF3O4/c1-15-6-2-5(8(10,11)12)3-7(4-6)16-9(13)14/h2-4,13-14H,1H3. The molecule has 0 aliphatic rings. The number of hydrogen-bond donors (Lipinski definition) is 2. The van der Waals surface area contributed by atoms with Gasteiger partial charge in [-0.1, -0.05) is 0 Å². The van der Waals surface area contributed by atoms with E-state index in [4.69, 9.17) is 10.0 Å².